The number of esters is 1. The van der Waals surface area contributed by atoms with Gasteiger partial charge in [-0.2, -0.15) is 0 Å². The third-order valence-electron chi connectivity index (χ3n) is 1.75. The fourth-order valence-electron chi connectivity index (χ4n) is 0.945. The first kappa shape index (κ1) is 14.3. The van der Waals surface area contributed by atoms with Gasteiger partial charge in [0.2, 0.25) is 0 Å². The Kier molecular flexibility index (Phi) is 8.18. The number of Topliss-reactive ketones (excluding diaryl/α,β-unsaturated/α-hetero) is 2. The molecule has 0 aliphatic carbocycles. The summed E-state index contributed by atoms with van der Waals surface area (Å²) in [6.07, 6.45) is 0.723. The minimum absolute atomic E-state index is 0.000477. The molecular weight excluding hydrogens is 264 g/mol. The summed E-state index contributed by atoms with van der Waals surface area (Å²) >= 11 is 3.01. The third kappa shape index (κ3) is 8.30. The molecule has 15 heavy (non-hydrogen) atoms. The summed E-state index contributed by atoms with van der Waals surface area (Å²) in [6.45, 7) is 2.05. The number of rotatable bonds is 8. The molecule has 0 fully saturated rings. The zero-order valence-corrected chi connectivity index (χ0v) is 10.3. The first-order valence-electron chi connectivity index (χ1n) is 4.85. The maximum Gasteiger partial charge on any atom is 0.306 e. The number of halogens is 1. The summed E-state index contributed by atoms with van der Waals surface area (Å²) in [6, 6.07) is 0. The minimum atomic E-state index is -0.363. The number of hydrogen-bond acceptors (Lipinski definition) is 4. The van der Waals surface area contributed by atoms with Crippen molar-refractivity contribution in [3.05, 3.63) is 0 Å². The molecule has 0 atom stereocenters. The van der Waals surface area contributed by atoms with Crippen molar-refractivity contribution in [3.63, 3.8) is 0 Å². The highest BCUT2D eigenvalue weighted by atomic mass is 79.9. The molecule has 0 saturated heterocycles. The average molecular weight is 279 g/mol. The van der Waals surface area contributed by atoms with Gasteiger partial charge < -0.3 is 4.74 Å². The van der Waals surface area contributed by atoms with Crippen LogP contribution in [0.15, 0.2) is 0 Å². The van der Waals surface area contributed by atoms with Gasteiger partial charge in [-0.15, -0.1) is 0 Å². The van der Waals surface area contributed by atoms with Crippen LogP contribution in [-0.4, -0.2) is 29.5 Å². The van der Waals surface area contributed by atoms with E-state index in [2.05, 4.69) is 20.7 Å². The van der Waals surface area contributed by atoms with Gasteiger partial charge in [0.25, 0.3) is 0 Å². The van der Waals surface area contributed by atoms with Crippen molar-refractivity contribution >= 4 is 33.5 Å². The highest BCUT2D eigenvalue weighted by Gasteiger charge is 2.09. The number of alkyl halides is 1. The zero-order chi connectivity index (χ0) is 11.7. The second kappa shape index (κ2) is 8.59. The number of carbonyl (C=O) groups excluding carboxylic acids is 3. The highest BCUT2D eigenvalue weighted by Crippen LogP contribution is 2.02. The van der Waals surface area contributed by atoms with Crippen LogP contribution in [0.1, 0.15) is 32.6 Å². The standard InChI is InChI=1S/C10H15BrO4/c1-2-15-10(14)6-5-8(12)3-4-9(13)7-11/h2-7H2,1H3. The Bertz CT molecular complexity index is 238. The molecule has 0 aromatic carbocycles. The predicted molar refractivity (Wildman–Crippen MR) is 58.9 cm³/mol. The van der Waals surface area contributed by atoms with Crippen LogP contribution >= 0.6 is 15.9 Å². The van der Waals surface area contributed by atoms with Gasteiger partial charge in [0, 0.05) is 19.3 Å². The van der Waals surface area contributed by atoms with Crippen molar-refractivity contribution in [2.24, 2.45) is 0 Å². The quantitative estimate of drug-likeness (QED) is 0.500. The summed E-state index contributed by atoms with van der Waals surface area (Å²) in [5.41, 5.74) is 0. The Hall–Kier alpha value is -0.710. The second-order valence-electron chi connectivity index (χ2n) is 3.02. The lowest BCUT2D eigenvalue weighted by Crippen LogP contribution is -2.09. The smallest absolute Gasteiger partial charge is 0.306 e. The van der Waals surface area contributed by atoms with E-state index in [0.29, 0.717) is 6.61 Å². The molecule has 0 saturated carbocycles. The summed E-state index contributed by atoms with van der Waals surface area (Å²) in [7, 11) is 0. The van der Waals surface area contributed by atoms with Gasteiger partial charge in [-0.1, -0.05) is 15.9 Å². The monoisotopic (exact) mass is 278 g/mol. The molecule has 0 amide bonds. The van der Waals surface area contributed by atoms with Crippen LogP contribution < -0.4 is 0 Å². The van der Waals surface area contributed by atoms with Crippen LogP contribution in [0.5, 0.6) is 0 Å². The van der Waals surface area contributed by atoms with E-state index >= 15 is 0 Å². The maximum atomic E-state index is 11.2. The van der Waals surface area contributed by atoms with Crippen molar-refractivity contribution in [2.45, 2.75) is 32.6 Å². The van der Waals surface area contributed by atoms with Crippen LogP contribution in [0.25, 0.3) is 0 Å². The van der Waals surface area contributed by atoms with E-state index in [1.54, 1.807) is 6.92 Å². The molecule has 5 heteroatoms. The summed E-state index contributed by atoms with van der Waals surface area (Å²) in [5, 5.41) is 0.276. The molecule has 0 radical (unpaired) electrons. The summed E-state index contributed by atoms with van der Waals surface area (Å²) < 4.78 is 4.67. The van der Waals surface area contributed by atoms with E-state index in [0.717, 1.165) is 0 Å². The molecule has 4 nitrogen and oxygen atoms in total. The molecule has 0 bridgehead atoms. The fraction of sp³-hybridized carbons (Fsp3) is 0.700. The van der Waals surface area contributed by atoms with Crippen molar-refractivity contribution in [2.75, 3.05) is 11.9 Å². The van der Waals surface area contributed by atoms with Crippen molar-refractivity contribution in [3.8, 4) is 0 Å². The first-order chi connectivity index (χ1) is 7.10. The van der Waals surface area contributed by atoms with Crippen molar-refractivity contribution < 1.29 is 19.1 Å². The Morgan fingerprint density at radius 2 is 1.53 bits per heavy atom. The number of carbonyl (C=O) groups is 3. The molecule has 0 unspecified atom stereocenters. The van der Waals surface area contributed by atoms with Crippen LogP contribution in [0.4, 0.5) is 0 Å². The second-order valence-corrected chi connectivity index (χ2v) is 3.58. The lowest BCUT2D eigenvalue weighted by atomic mass is 10.1. The highest BCUT2D eigenvalue weighted by molar-refractivity contribution is 9.09. The van der Waals surface area contributed by atoms with Crippen molar-refractivity contribution in [1.82, 2.24) is 0 Å². The lowest BCUT2D eigenvalue weighted by Gasteiger charge is -2.00. The molecule has 0 spiro atoms. The molecular formula is C10H15BrO4. The van der Waals surface area contributed by atoms with E-state index in [1.165, 1.54) is 0 Å². The predicted octanol–water partition coefficient (Wildman–Crippen LogP) is 1.64. The van der Waals surface area contributed by atoms with Gasteiger partial charge >= 0.3 is 5.97 Å². The molecule has 0 N–H and O–H groups in total. The van der Waals surface area contributed by atoms with E-state index in [4.69, 9.17) is 0 Å². The Balaban J connectivity index is 3.57. The van der Waals surface area contributed by atoms with Gasteiger partial charge in [0.15, 0.2) is 0 Å². The van der Waals surface area contributed by atoms with E-state index < -0.39 is 0 Å². The molecule has 0 aliphatic heterocycles. The number of ether oxygens (including phenoxy) is 1. The van der Waals surface area contributed by atoms with Gasteiger partial charge in [0.1, 0.15) is 11.6 Å². The van der Waals surface area contributed by atoms with Gasteiger partial charge in [0.05, 0.1) is 18.4 Å². The molecule has 0 aromatic heterocycles. The van der Waals surface area contributed by atoms with Gasteiger partial charge in [-0.3, -0.25) is 14.4 Å². The van der Waals surface area contributed by atoms with Crippen LogP contribution in [0.2, 0.25) is 0 Å². The molecule has 0 aromatic rings. The fourth-order valence-corrected chi connectivity index (χ4v) is 1.23. The lowest BCUT2D eigenvalue weighted by molar-refractivity contribution is -0.144. The minimum Gasteiger partial charge on any atom is -0.466 e. The number of ketones is 2. The Morgan fingerprint density at radius 1 is 1.00 bits per heavy atom. The SMILES string of the molecule is CCOC(=O)CCC(=O)CCC(=O)CBr. The topological polar surface area (TPSA) is 60.4 Å². The van der Waals surface area contributed by atoms with E-state index in [1.807, 2.05) is 0 Å². The molecule has 86 valence electrons. The zero-order valence-electron chi connectivity index (χ0n) is 8.75. The summed E-state index contributed by atoms with van der Waals surface area (Å²) in [5.74, 6) is -0.436. The first-order valence-corrected chi connectivity index (χ1v) is 5.97. The Labute approximate surface area is 97.5 Å². The van der Waals surface area contributed by atoms with Crippen LogP contribution in [-0.2, 0) is 19.1 Å². The molecule has 0 heterocycles. The molecule has 0 aliphatic rings. The third-order valence-corrected chi connectivity index (χ3v) is 2.37. The van der Waals surface area contributed by atoms with Crippen LogP contribution in [0.3, 0.4) is 0 Å². The largest absolute Gasteiger partial charge is 0.466 e. The van der Waals surface area contributed by atoms with Gasteiger partial charge in [-0.25, -0.2) is 0 Å². The maximum absolute atomic E-state index is 11.2. The van der Waals surface area contributed by atoms with Crippen molar-refractivity contribution in [1.29, 1.82) is 0 Å². The van der Waals surface area contributed by atoms with Crippen LogP contribution in [0, 0.1) is 0 Å². The van der Waals surface area contributed by atoms with E-state index in [-0.39, 0.29) is 48.5 Å². The summed E-state index contributed by atoms with van der Waals surface area (Å²) in [4.78, 5) is 33.0. The average Bonchev–Trinajstić information content (AvgIpc) is 2.23. The normalized spacial score (nSPS) is 9.73. The van der Waals surface area contributed by atoms with E-state index in [9.17, 15) is 14.4 Å². The number of hydrogen-bond donors (Lipinski definition) is 0. The van der Waals surface area contributed by atoms with Gasteiger partial charge in [-0.05, 0) is 6.92 Å². The Morgan fingerprint density at radius 3 is 2.07 bits per heavy atom. The molecule has 0 rings (SSSR count).